The molecule has 1 aliphatic heterocycles. The van der Waals surface area contributed by atoms with Gasteiger partial charge in [-0.1, -0.05) is 13.0 Å². The van der Waals surface area contributed by atoms with Crippen molar-refractivity contribution in [2.45, 2.75) is 19.4 Å². The predicted molar refractivity (Wildman–Crippen MR) is 131 cm³/mol. The number of benzene rings is 1. The fraction of sp³-hybridized carbons (Fsp3) is 0.619. The Labute approximate surface area is 201 Å². The van der Waals surface area contributed by atoms with Crippen LogP contribution in [0.4, 0.5) is 4.39 Å². The number of carbonyl (C=O) groups excluding carboxylic acids is 1. The first-order chi connectivity index (χ1) is 14.5. The maximum Gasteiger partial charge on any atom is 0.243 e. The van der Waals surface area contributed by atoms with Crippen molar-refractivity contribution in [3.63, 3.8) is 0 Å². The lowest BCUT2D eigenvalue weighted by atomic mass is 10.2. The van der Waals surface area contributed by atoms with Crippen LogP contribution in [0, 0.1) is 5.82 Å². The number of hydrogen-bond donors (Lipinski definition) is 2. The van der Waals surface area contributed by atoms with E-state index in [-0.39, 0.29) is 48.3 Å². The van der Waals surface area contributed by atoms with E-state index in [9.17, 15) is 9.18 Å². The number of guanidine groups is 1. The summed E-state index contributed by atoms with van der Waals surface area (Å²) in [5.41, 5.74) is 0. The Morgan fingerprint density at radius 1 is 1.32 bits per heavy atom. The van der Waals surface area contributed by atoms with Gasteiger partial charge < -0.3 is 25.0 Å². The second kappa shape index (κ2) is 15.2. The monoisotopic (exact) mass is 551 g/mol. The summed E-state index contributed by atoms with van der Waals surface area (Å²) >= 11 is 0. The summed E-state index contributed by atoms with van der Waals surface area (Å²) in [4.78, 5) is 20.1. The molecule has 2 rings (SSSR count). The van der Waals surface area contributed by atoms with E-state index >= 15 is 0 Å². The molecule has 1 unspecified atom stereocenters. The topological polar surface area (TPSA) is 78.4 Å². The van der Waals surface area contributed by atoms with Crippen molar-refractivity contribution in [3.8, 4) is 5.75 Å². The van der Waals surface area contributed by atoms with E-state index in [4.69, 9.17) is 9.47 Å². The maximum atomic E-state index is 13.4. The summed E-state index contributed by atoms with van der Waals surface area (Å²) in [6.45, 7) is 7.45. The van der Waals surface area contributed by atoms with E-state index in [1.54, 1.807) is 26.2 Å². The molecule has 1 aliphatic rings. The molecule has 1 aromatic rings. The molecule has 1 atom stereocenters. The van der Waals surface area contributed by atoms with Crippen molar-refractivity contribution in [1.29, 1.82) is 0 Å². The first kappa shape index (κ1) is 27.4. The zero-order chi connectivity index (χ0) is 21.8. The van der Waals surface area contributed by atoms with Crippen LogP contribution in [0.3, 0.4) is 0 Å². The minimum Gasteiger partial charge on any atom is -0.489 e. The van der Waals surface area contributed by atoms with Crippen LogP contribution in [0.1, 0.15) is 13.3 Å². The van der Waals surface area contributed by atoms with Crippen molar-refractivity contribution in [3.05, 3.63) is 30.1 Å². The second-order valence-corrected chi connectivity index (χ2v) is 7.32. The van der Waals surface area contributed by atoms with Gasteiger partial charge in [-0.05, 0) is 18.6 Å². The summed E-state index contributed by atoms with van der Waals surface area (Å²) in [5.74, 6) is 0.641. The number of ether oxygens (including phenoxy) is 2. The fourth-order valence-corrected chi connectivity index (χ4v) is 2.83. The summed E-state index contributed by atoms with van der Waals surface area (Å²) in [6.07, 6.45) is 0.573. The zero-order valence-corrected chi connectivity index (χ0v) is 20.9. The van der Waals surface area contributed by atoms with Crippen LogP contribution in [0.15, 0.2) is 29.3 Å². The number of carbonyl (C=O) groups is 1. The highest BCUT2D eigenvalue weighted by Crippen LogP contribution is 2.14. The van der Waals surface area contributed by atoms with Gasteiger partial charge in [0.05, 0.1) is 19.8 Å². The van der Waals surface area contributed by atoms with E-state index in [0.29, 0.717) is 24.8 Å². The number of aliphatic imine (C=N–C) groups is 1. The van der Waals surface area contributed by atoms with Gasteiger partial charge in [-0.25, -0.2) is 9.38 Å². The van der Waals surface area contributed by atoms with Gasteiger partial charge in [-0.2, -0.15) is 0 Å². The molecule has 0 saturated carbocycles. The summed E-state index contributed by atoms with van der Waals surface area (Å²) in [5, 5.41) is 6.53. The highest BCUT2D eigenvalue weighted by atomic mass is 127. The number of amides is 1. The predicted octanol–water partition coefficient (Wildman–Crippen LogP) is 1.56. The van der Waals surface area contributed by atoms with Crippen molar-refractivity contribution in [2.24, 2.45) is 4.99 Å². The first-order valence-electron chi connectivity index (χ1n) is 10.4. The molecule has 1 heterocycles. The third kappa shape index (κ3) is 11.0. The van der Waals surface area contributed by atoms with Crippen LogP contribution in [0.25, 0.3) is 0 Å². The number of hydrogen-bond acceptors (Lipinski definition) is 5. The van der Waals surface area contributed by atoms with Crippen molar-refractivity contribution in [2.75, 3.05) is 66.6 Å². The van der Waals surface area contributed by atoms with E-state index in [1.807, 2.05) is 6.92 Å². The molecule has 1 aromatic carbocycles. The van der Waals surface area contributed by atoms with Gasteiger partial charge in [0.25, 0.3) is 0 Å². The fourth-order valence-electron chi connectivity index (χ4n) is 2.83. The van der Waals surface area contributed by atoms with E-state index in [0.717, 1.165) is 39.3 Å². The van der Waals surface area contributed by atoms with Crippen molar-refractivity contribution >= 4 is 35.8 Å². The average Bonchev–Trinajstić information content (AvgIpc) is 2.74. The van der Waals surface area contributed by atoms with Crippen LogP contribution in [-0.2, 0) is 9.53 Å². The number of nitrogens with one attached hydrogen (secondary N) is 2. The van der Waals surface area contributed by atoms with Crippen LogP contribution in [-0.4, -0.2) is 94.3 Å². The summed E-state index contributed by atoms with van der Waals surface area (Å²) in [7, 11) is 3.41. The molecule has 0 bridgehead atoms. The molecule has 0 aliphatic carbocycles. The van der Waals surface area contributed by atoms with Gasteiger partial charge in [-0.3, -0.25) is 9.69 Å². The molecule has 1 fully saturated rings. The third-order valence-electron chi connectivity index (χ3n) is 4.75. The lowest BCUT2D eigenvalue weighted by molar-refractivity contribution is -0.127. The highest BCUT2D eigenvalue weighted by molar-refractivity contribution is 14.0. The molecule has 2 N–H and O–H groups in total. The van der Waals surface area contributed by atoms with Gasteiger partial charge in [0.15, 0.2) is 5.96 Å². The Morgan fingerprint density at radius 2 is 2.06 bits per heavy atom. The van der Waals surface area contributed by atoms with Crippen LogP contribution in [0.5, 0.6) is 5.75 Å². The smallest absolute Gasteiger partial charge is 0.243 e. The molecule has 10 heteroatoms. The average molecular weight is 551 g/mol. The second-order valence-electron chi connectivity index (χ2n) is 7.32. The molecule has 176 valence electrons. The van der Waals surface area contributed by atoms with E-state index in [2.05, 4.69) is 20.5 Å². The molecule has 31 heavy (non-hydrogen) atoms. The molecule has 0 radical (unpaired) electrons. The van der Waals surface area contributed by atoms with E-state index in [1.165, 1.54) is 17.0 Å². The molecule has 1 amide bonds. The highest BCUT2D eigenvalue weighted by Gasteiger charge is 2.13. The number of halogens is 2. The summed E-state index contributed by atoms with van der Waals surface area (Å²) in [6, 6.07) is 6.11. The van der Waals surface area contributed by atoms with Crippen molar-refractivity contribution in [1.82, 2.24) is 20.4 Å². The van der Waals surface area contributed by atoms with Gasteiger partial charge in [0.2, 0.25) is 5.91 Å². The van der Waals surface area contributed by atoms with Crippen LogP contribution < -0.4 is 15.4 Å². The Hall–Kier alpha value is -1.66. The largest absolute Gasteiger partial charge is 0.489 e. The number of rotatable bonds is 10. The Balaban J connectivity index is 0.00000480. The summed E-state index contributed by atoms with van der Waals surface area (Å²) < 4.78 is 24.6. The third-order valence-corrected chi connectivity index (χ3v) is 4.75. The normalized spacial score (nSPS) is 15.5. The molecular weight excluding hydrogens is 516 g/mol. The quantitative estimate of drug-likeness (QED) is 0.261. The zero-order valence-electron chi connectivity index (χ0n) is 18.6. The van der Waals surface area contributed by atoms with Gasteiger partial charge in [0.1, 0.15) is 24.2 Å². The van der Waals surface area contributed by atoms with Gasteiger partial charge in [-0.15, -0.1) is 24.0 Å². The molecule has 8 nitrogen and oxygen atoms in total. The van der Waals surface area contributed by atoms with Crippen LogP contribution in [0.2, 0.25) is 0 Å². The number of nitrogens with zero attached hydrogens (tertiary/aromatic N) is 3. The standard InChI is InChI=1S/C21H34FN5O3.HI/c1-4-18(30-19-7-5-6-17(22)14-19)15-24-21(25-16-20(28)26(2)3)23-8-9-27-10-12-29-13-11-27;/h5-7,14,18H,4,8-13,15-16H2,1-3H3,(H2,23,24,25);1H. The minimum atomic E-state index is -0.329. The minimum absolute atomic E-state index is 0. The van der Waals surface area contributed by atoms with Crippen molar-refractivity contribution < 1.29 is 18.7 Å². The van der Waals surface area contributed by atoms with Gasteiger partial charge >= 0.3 is 0 Å². The molecule has 0 aromatic heterocycles. The molecule has 0 spiro atoms. The Morgan fingerprint density at radius 3 is 2.71 bits per heavy atom. The van der Waals surface area contributed by atoms with E-state index < -0.39 is 0 Å². The molecular formula is C21H35FIN5O3. The van der Waals surface area contributed by atoms with Gasteiger partial charge in [0, 0.05) is 46.3 Å². The molecule has 1 saturated heterocycles. The lowest BCUT2D eigenvalue weighted by Crippen LogP contribution is -2.46. The number of morpholine rings is 1. The maximum absolute atomic E-state index is 13.4. The SMILES string of the molecule is CCC(CNC(=NCC(=O)N(C)C)NCCN1CCOCC1)Oc1cccc(F)c1.I. The first-order valence-corrected chi connectivity index (χ1v) is 10.4. The lowest BCUT2D eigenvalue weighted by Gasteiger charge is -2.27. The number of likely N-dealkylation sites (N-methyl/N-ethyl adjacent to an activating group) is 1. The van der Waals surface area contributed by atoms with Crippen LogP contribution >= 0.6 is 24.0 Å². The Kier molecular flexibility index (Phi) is 13.4. The Bertz CT molecular complexity index is 687.